The van der Waals surface area contributed by atoms with Crippen LogP contribution in [0.4, 0.5) is 5.69 Å². The van der Waals surface area contributed by atoms with Crippen LogP contribution in [-0.4, -0.2) is 25.1 Å². The fourth-order valence-electron chi connectivity index (χ4n) is 2.06. The predicted molar refractivity (Wildman–Crippen MR) is 74.3 cm³/mol. The van der Waals surface area contributed by atoms with Gasteiger partial charge in [-0.1, -0.05) is 13.8 Å². The molecule has 1 aromatic heterocycles. The summed E-state index contributed by atoms with van der Waals surface area (Å²) in [6, 6.07) is 4.79. The number of pyridine rings is 1. The van der Waals surface area contributed by atoms with Crippen LogP contribution in [0, 0.1) is 5.92 Å². The smallest absolute Gasteiger partial charge is 0.0562 e. The lowest BCUT2D eigenvalue weighted by molar-refractivity contribution is 0.504. The summed E-state index contributed by atoms with van der Waals surface area (Å²) >= 11 is 0. The molecule has 0 aromatic carbocycles. The van der Waals surface area contributed by atoms with Gasteiger partial charge < -0.3 is 10.2 Å². The molecule has 0 aliphatic carbocycles. The first kappa shape index (κ1) is 14.0. The zero-order chi connectivity index (χ0) is 12.8. The van der Waals surface area contributed by atoms with Crippen molar-refractivity contribution < 1.29 is 0 Å². The van der Waals surface area contributed by atoms with Gasteiger partial charge >= 0.3 is 0 Å². The summed E-state index contributed by atoms with van der Waals surface area (Å²) in [5, 5.41) is 3.13. The number of nitrogens with zero attached hydrogens (tertiary/aromatic N) is 2. The highest BCUT2D eigenvalue weighted by Gasteiger charge is 2.12. The number of anilines is 1. The van der Waals surface area contributed by atoms with Crippen molar-refractivity contribution in [3.8, 4) is 0 Å². The van der Waals surface area contributed by atoms with Crippen LogP contribution < -0.4 is 10.2 Å². The molecule has 0 aliphatic rings. The van der Waals surface area contributed by atoms with E-state index in [1.54, 1.807) is 0 Å². The molecule has 1 rings (SSSR count). The van der Waals surface area contributed by atoms with Crippen molar-refractivity contribution in [3.05, 3.63) is 24.0 Å². The fraction of sp³-hybridized carbons (Fsp3) is 0.643. The van der Waals surface area contributed by atoms with Gasteiger partial charge in [0.15, 0.2) is 0 Å². The van der Waals surface area contributed by atoms with Crippen LogP contribution in [0.3, 0.4) is 0 Å². The zero-order valence-electron chi connectivity index (χ0n) is 11.7. The van der Waals surface area contributed by atoms with Crippen LogP contribution in [0.1, 0.15) is 32.9 Å². The lowest BCUT2D eigenvalue weighted by atomic mass is 10.0. The second-order valence-electron chi connectivity index (χ2n) is 5.13. The monoisotopic (exact) mass is 235 g/mol. The normalized spacial score (nSPS) is 12.8. The highest BCUT2D eigenvalue weighted by Crippen LogP contribution is 2.19. The molecule has 0 radical (unpaired) electrons. The van der Waals surface area contributed by atoms with Gasteiger partial charge in [-0.3, -0.25) is 4.98 Å². The van der Waals surface area contributed by atoms with Crippen LogP contribution in [-0.2, 0) is 6.54 Å². The Balaban J connectivity index is 2.73. The van der Waals surface area contributed by atoms with E-state index in [0.29, 0.717) is 6.04 Å². The Morgan fingerprint density at radius 1 is 1.35 bits per heavy atom. The predicted octanol–water partition coefficient (Wildman–Crippen LogP) is 2.67. The highest BCUT2D eigenvalue weighted by molar-refractivity contribution is 5.46. The molecule has 0 spiro atoms. The van der Waals surface area contributed by atoms with Crippen molar-refractivity contribution in [2.75, 3.05) is 19.0 Å². The van der Waals surface area contributed by atoms with Crippen molar-refractivity contribution in [1.82, 2.24) is 10.3 Å². The Hall–Kier alpha value is -1.09. The molecule has 0 aliphatic heterocycles. The maximum Gasteiger partial charge on any atom is 0.0562 e. The van der Waals surface area contributed by atoms with Crippen molar-refractivity contribution in [1.29, 1.82) is 0 Å². The van der Waals surface area contributed by atoms with E-state index in [-0.39, 0.29) is 0 Å². The number of aromatic nitrogens is 1. The first-order valence-electron chi connectivity index (χ1n) is 6.37. The van der Waals surface area contributed by atoms with E-state index in [9.17, 15) is 0 Å². The van der Waals surface area contributed by atoms with Crippen LogP contribution in [0.2, 0.25) is 0 Å². The van der Waals surface area contributed by atoms with Gasteiger partial charge in [-0.2, -0.15) is 0 Å². The molecule has 1 aromatic rings. The SMILES string of the molecule is CNCc1cc(N(C)C(C)CC(C)C)ccn1. The molecule has 96 valence electrons. The molecule has 3 heteroatoms. The Kier molecular flexibility index (Phi) is 5.42. The molecule has 0 saturated carbocycles. The van der Waals surface area contributed by atoms with E-state index in [4.69, 9.17) is 0 Å². The van der Waals surface area contributed by atoms with Gasteiger partial charge in [-0.25, -0.2) is 0 Å². The first-order valence-corrected chi connectivity index (χ1v) is 6.37. The van der Waals surface area contributed by atoms with Crippen LogP contribution in [0.25, 0.3) is 0 Å². The Labute approximate surface area is 105 Å². The van der Waals surface area contributed by atoms with Gasteiger partial charge in [0.25, 0.3) is 0 Å². The van der Waals surface area contributed by atoms with Gasteiger partial charge in [0.05, 0.1) is 5.69 Å². The molecule has 3 nitrogen and oxygen atoms in total. The minimum absolute atomic E-state index is 0.555. The highest BCUT2D eigenvalue weighted by atomic mass is 15.1. The molecule has 17 heavy (non-hydrogen) atoms. The quantitative estimate of drug-likeness (QED) is 0.821. The topological polar surface area (TPSA) is 28.2 Å². The maximum absolute atomic E-state index is 4.34. The van der Waals surface area contributed by atoms with E-state index in [2.05, 4.69) is 55.2 Å². The molecular formula is C14H25N3. The molecule has 0 bridgehead atoms. The molecule has 0 fully saturated rings. The summed E-state index contributed by atoms with van der Waals surface area (Å²) in [6.07, 6.45) is 3.10. The van der Waals surface area contributed by atoms with Gasteiger partial charge in [-0.15, -0.1) is 0 Å². The van der Waals surface area contributed by atoms with E-state index in [1.807, 2.05) is 13.2 Å². The third-order valence-electron chi connectivity index (χ3n) is 3.04. The van der Waals surface area contributed by atoms with E-state index >= 15 is 0 Å². The summed E-state index contributed by atoms with van der Waals surface area (Å²) in [4.78, 5) is 6.68. The van der Waals surface area contributed by atoms with Gasteiger partial charge in [0.2, 0.25) is 0 Å². The van der Waals surface area contributed by atoms with Crippen molar-refractivity contribution in [2.45, 2.75) is 39.8 Å². The van der Waals surface area contributed by atoms with Gasteiger partial charge in [0.1, 0.15) is 0 Å². The van der Waals surface area contributed by atoms with Crippen molar-refractivity contribution in [3.63, 3.8) is 0 Å². The minimum atomic E-state index is 0.555. The number of hydrogen-bond acceptors (Lipinski definition) is 3. The summed E-state index contributed by atoms with van der Waals surface area (Å²) in [5.74, 6) is 0.728. The standard InChI is InChI=1S/C14H25N3/c1-11(2)8-12(3)17(5)14-6-7-16-13(9-14)10-15-4/h6-7,9,11-12,15H,8,10H2,1-5H3. The van der Waals surface area contributed by atoms with Crippen LogP contribution >= 0.6 is 0 Å². The third kappa shape index (κ3) is 4.35. The molecular weight excluding hydrogens is 210 g/mol. The second-order valence-corrected chi connectivity index (χ2v) is 5.13. The van der Waals surface area contributed by atoms with Crippen LogP contribution in [0.5, 0.6) is 0 Å². The molecule has 0 amide bonds. The number of hydrogen-bond donors (Lipinski definition) is 1. The maximum atomic E-state index is 4.34. The third-order valence-corrected chi connectivity index (χ3v) is 3.04. The van der Waals surface area contributed by atoms with Crippen molar-refractivity contribution >= 4 is 5.69 Å². The Morgan fingerprint density at radius 3 is 2.65 bits per heavy atom. The Morgan fingerprint density at radius 2 is 2.06 bits per heavy atom. The molecule has 1 unspecified atom stereocenters. The minimum Gasteiger partial charge on any atom is -0.372 e. The van der Waals surface area contributed by atoms with Gasteiger partial charge in [0, 0.05) is 31.5 Å². The average Bonchev–Trinajstić information content (AvgIpc) is 2.28. The number of rotatable bonds is 6. The van der Waals surface area contributed by atoms with E-state index in [0.717, 1.165) is 18.2 Å². The molecule has 1 atom stereocenters. The van der Waals surface area contributed by atoms with E-state index in [1.165, 1.54) is 12.1 Å². The van der Waals surface area contributed by atoms with Crippen LogP contribution in [0.15, 0.2) is 18.3 Å². The summed E-state index contributed by atoms with van der Waals surface area (Å²) in [6.45, 7) is 7.63. The largest absolute Gasteiger partial charge is 0.372 e. The molecule has 1 heterocycles. The fourth-order valence-corrected chi connectivity index (χ4v) is 2.06. The lowest BCUT2D eigenvalue weighted by Crippen LogP contribution is -2.30. The number of nitrogens with one attached hydrogen (secondary N) is 1. The lowest BCUT2D eigenvalue weighted by Gasteiger charge is -2.28. The summed E-state index contributed by atoms with van der Waals surface area (Å²) in [7, 11) is 4.10. The molecule has 1 N–H and O–H groups in total. The van der Waals surface area contributed by atoms with Crippen molar-refractivity contribution in [2.24, 2.45) is 5.92 Å². The summed E-state index contributed by atoms with van der Waals surface area (Å²) < 4.78 is 0. The first-order chi connectivity index (χ1) is 8.04. The molecule has 0 saturated heterocycles. The Bertz CT molecular complexity index is 336. The second kappa shape index (κ2) is 6.60. The van der Waals surface area contributed by atoms with E-state index < -0.39 is 0 Å². The van der Waals surface area contributed by atoms with Gasteiger partial charge in [-0.05, 0) is 38.4 Å². The summed E-state index contributed by atoms with van der Waals surface area (Å²) in [5.41, 5.74) is 2.34. The zero-order valence-corrected chi connectivity index (χ0v) is 11.7. The average molecular weight is 235 g/mol.